The van der Waals surface area contributed by atoms with Crippen molar-refractivity contribution in [3.8, 4) is 0 Å². The van der Waals surface area contributed by atoms with Gasteiger partial charge in [0.15, 0.2) is 0 Å². The van der Waals surface area contributed by atoms with Crippen LogP contribution in [0.15, 0.2) is 24.3 Å². The largest absolute Gasteiger partial charge is 0.382 e. The first kappa shape index (κ1) is 10.0. The Bertz CT molecular complexity index is 389. The summed E-state index contributed by atoms with van der Waals surface area (Å²) in [5.74, 6) is 0.0138. The molecule has 0 radical (unpaired) electrons. The second-order valence-electron chi connectivity index (χ2n) is 4.27. The summed E-state index contributed by atoms with van der Waals surface area (Å²) in [5.41, 5.74) is 1.50. The van der Waals surface area contributed by atoms with Crippen molar-refractivity contribution in [3.63, 3.8) is 0 Å². The summed E-state index contributed by atoms with van der Waals surface area (Å²) in [4.78, 5) is 11.9. The van der Waals surface area contributed by atoms with Crippen molar-refractivity contribution >= 4 is 11.6 Å². The Kier molecular flexibility index (Phi) is 2.39. The molecule has 0 saturated carbocycles. The Morgan fingerprint density at radius 1 is 1.40 bits per heavy atom. The van der Waals surface area contributed by atoms with Gasteiger partial charge >= 0.3 is 0 Å². The molecule has 0 aliphatic carbocycles. The van der Waals surface area contributed by atoms with Gasteiger partial charge in [-0.1, -0.05) is 19.1 Å². The Morgan fingerprint density at radius 3 is 2.87 bits per heavy atom. The summed E-state index contributed by atoms with van der Waals surface area (Å²) in [6, 6.07) is 7.61. The third-order valence-electron chi connectivity index (χ3n) is 3.04. The van der Waals surface area contributed by atoms with Crippen LogP contribution < -0.4 is 10.6 Å². The molecule has 0 unspecified atom stereocenters. The van der Waals surface area contributed by atoms with Gasteiger partial charge in [0.25, 0.3) is 5.91 Å². The van der Waals surface area contributed by atoms with Gasteiger partial charge in [0.2, 0.25) is 0 Å². The summed E-state index contributed by atoms with van der Waals surface area (Å²) < 4.78 is 0. The van der Waals surface area contributed by atoms with Crippen molar-refractivity contribution in [1.82, 2.24) is 5.32 Å². The first-order valence-corrected chi connectivity index (χ1v) is 5.30. The molecule has 1 aliphatic rings. The van der Waals surface area contributed by atoms with Crippen LogP contribution >= 0.6 is 0 Å². The minimum Gasteiger partial charge on any atom is -0.382 e. The number of hydrogen-bond acceptors (Lipinski definition) is 2. The molecular weight excluding hydrogens is 188 g/mol. The van der Waals surface area contributed by atoms with Crippen LogP contribution in [0.3, 0.4) is 0 Å². The predicted octanol–water partition coefficient (Wildman–Crippen LogP) is 2.01. The van der Waals surface area contributed by atoms with Crippen LogP contribution in [0, 0.1) is 0 Å². The van der Waals surface area contributed by atoms with Crippen LogP contribution in [0.2, 0.25) is 0 Å². The lowest BCUT2D eigenvalue weighted by Crippen LogP contribution is -2.48. The predicted molar refractivity (Wildman–Crippen MR) is 61.1 cm³/mol. The van der Waals surface area contributed by atoms with Gasteiger partial charge < -0.3 is 10.6 Å². The van der Waals surface area contributed by atoms with Crippen LogP contribution in [0.4, 0.5) is 5.69 Å². The van der Waals surface area contributed by atoms with E-state index in [1.807, 2.05) is 24.3 Å². The molecule has 1 aromatic rings. The molecule has 0 fully saturated rings. The topological polar surface area (TPSA) is 41.1 Å². The van der Waals surface area contributed by atoms with Gasteiger partial charge in [-0.25, -0.2) is 0 Å². The SMILES string of the molecule is CC[C@]1(C)CNc2ccccc2C(=O)N1. The van der Waals surface area contributed by atoms with Gasteiger partial charge in [0.1, 0.15) is 0 Å². The molecule has 3 nitrogen and oxygen atoms in total. The first-order chi connectivity index (χ1) is 7.14. The van der Waals surface area contributed by atoms with E-state index in [4.69, 9.17) is 0 Å². The normalized spacial score (nSPS) is 24.8. The van der Waals surface area contributed by atoms with E-state index in [1.165, 1.54) is 0 Å². The molecule has 0 bridgehead atoms. The molecule has 1 aromatic carbocycles. The number of benzene rings is 1. The minimum absolute atomic E-state index is 0.0138. The lowest BCUT2D eigenvalue weighted by atomic mass is 9.99. The van der Waals surface area contributed by atoms with Crippen molar-refractivity contribution in [2.24, 2.45) is 0 Å². The van der Waals surface area contributed by atoms with Gasteiger partial charge in [0.05, 0.1) is 11.1 Å². The third kappa shape index (κ3) is 1.82. The maximum Gasteiger partial charge on any atom is 0.253 e. The van der Waals surface area contributed by atoms with E-state index >= 15 is 0 Å². The number of carbonyl (C=O) groups is 1. The number of para-hydroxylation sites is 1. The fourth-order valence-corrected chi connectivity index (χ4v) is 1.72. The maximum absolute atomic E-state index is 11.9. The fourth-order valence-electron chi connectivity index (χ4n) is 1.72. The van der Waals surface area contributed by atoms with Crippen LogP contribution in [0.5, 0.6) is 0 Å². The summed E-state index contributed by atoms with van der Waals surface area (Å²) in [6.45, 7) is 4.91. The van der Waals surface area contributed by atoms with Crippen molar-refractivity contribution in [3.05, 3.63) is 29.8 Å². The van der Waals surface area contributed by atoms with Crippen LogP contribution in [0.25, 0.3) is 0 Å². The van der Waals surface area contributed by atoms with Gasteiger partial charge in [-0.15, -0.1) is 0 Å². The molecule has 3 heteroatoms. The molecule has 1 amide bonds. The smallest absolute Gasteiger partial charge is 0.253 e. The molecule has 2 N–H and O–H groups in total. The lowest BCUT2D eigenvalue weighted by Gasteiger charge is -2.27. The molecule has 0 spiro atoms. The second-order valence-corrected chi connectivity index (χ2v) is 4.27. The van der Waals surface area contributed by atoms with Crippen LogP contribution in [-0.4, -0.2) is 18.0 Å². The second kappa shape index (κ2) is 3.57. The van der Waals surface area contributed by atoms with E-state index in [2.05, 4.69) is 24.5 Å². The standard InChI is InChI=1S/C12H16N2O/c1-3-12(2)8-13-10-7-5-4-6-9(10)11(15)14-12/h4-7,13H,3,8H2,1-2H3,(H,14,15)/t12-/m1/s1. The van der Waals surface area contributed by atoms with E-state index in [-0.39, 0.29) is 11.4 Å². The summed E-state index contributed by atoms with van der Waals surface area (Å²) in [6.07, 6.45) is 0.916. The van der Waals surface area contributed by atoms with Gasteiger partial charge in [0, 0.05) is 12.2 Å². The van der Waals surface area contributed by atoms with E-state index in [0.717, 1.165) is 24.2 Å². The Balaban J connectivity index is 2.36. The van der Waals surface area contributed by atoms with Crippen molar-refractivity contribution in [2.45, 2.75) is 25.8 Å². The van der Waals surface area contributed by atoms with Gasteiger partial charge in [-0.2, -0.15) is 0 Å². The zero-order valence-corrected chi connectivity index (χ0v) is 9.13. The van der Waals surface area contributed by atoms with E-state index < -0.39 is 0 Å². The number of nitrogens with one attached hydrogen (secondary N) is 2. The third-order valence-corrected chi connectivity index (χ3v) is 3.04. The molecule has 1 atom stereocenters. The molecule has 0 saturated heterocycles. The summed E-state index contributed by atoms with van der Waals surface area (Å²) >= 11 is 0. The van der Waals surface area contributed by atoms with Crippen molar-refractivity contribution in [1.29, 1.82) is 0 Å². The summed E-state index contributed by atoms with van der Waals surface area (Å²) in [7, 11) is 0. The highest BCUT2D eigenvalue weighted by Crippen LogP contribution is 2.22. The number of rotatable bonds is 1. The fraction of sp³-hybridized carbons (Fsp3) is 0.417. The summed E-state index contributed by atoms with van der Waals surface area (Å²) in [5, 5.41) is 6.37. The maximum atomic E-state index is 11.9. The molecular formula is C12H16N2O. The molecule has 1 aliphatic heterocycles. The quantitative estimate of drug-likeness (QED) is 0.734. The van der Waals surface area contributed by atoms with Crippen molar-refractivity contribution < 1.29 is 4.79 Å². The van der Waals surface area contributed by atoms with Gasteiger partial charge in [-0.05, 0) is 25.5 Å². The number of hydrogen-bond donors (Lipinski definition) is 2. The van der Waals surface area contributed by atoms with E-state index in [9.17, 15) is 4.79 Å². The van der Waals surface area contributed by atoms with Gasteiger partial charge in [-0.3, -0.25) is 4.79 Å². The average molecular weight is 204 g/mol. The minimum atomic E-state index is -0.157. The highest BCUT2D eigenvalue weighted by atomic mass is 16.1. The van der Waals surface area contributed by atoms with E-state index in [1.54, 1.807) is 0 Å². The highest BCUT2D eigenvalue weighted by Gasteiger charge is 2.28. The Morgan fingerprint density at radius 2 is 2.13 bits per heavy atom. The molecule has 15 heavy (non-hydrogen) atoms. The Hall–Kier alpha value is -1.51. The lowest BCUT2D eigenvalue weighted by molar-refractivity contribution is 0.0914. The highest BCUT2D eigenvalue weighted by molar-refractivity contribution is 6.00. The van der Waals surface area contributed by atoms with Crippen LogP contribution in [-0.2, 0) is 0 Å². The number of carbonyl (C=O) groups excluding carboxylic acids is 1. The molecule has 1 heterocycles. The Labute approximate surface area is 89.9 Å². The number of fused-ring (bicyclic) bond motifs is 1. The zero-order valence-electron chi connectivity index (χ0n) is 9.13. The zero-order chi connectivity index (χ0) is 10.9. The molecule has 2 rings (SSSR count). The van der Waals surface area contributed by atoms with Crippen LogP contribution in [0.1, 0.15) is 30.6 Å². The molecule has 0 aromatic heterocycles. The molecule has 80 valence electrons. The average Bonchev–Trinajstić information content (AvgIpc) is 2.38. The van der Waals surface area contributed by atoms with Crippen molar-refractivity contribution in [2.75, 3.05) is 11.9 Å². The van der Waals surface area contributed by atoms with E-state index in [0.29, 0.717) is 0 Å². The first-order valence-electron chi connectivity index (χ1n) is 5.30. The monoisotopic (exact) mass is 204 g/mol. The number of anilines is 1. The number of amides is 1.